The van der Waals surface area contributed by atoms with Crippen LogP contribution in [0.4, 0.5) is 0 Å². The van der Waals surface area contributed by atoms with E-state index in [4.69, 9.17) is 0 Å². The summed E-state index contributed by atoms with van der Waals surface area (Å²) in [5.74, 6) is 3.43. The highest BCUT2D eigenvalue weighted by molar-refractivity contribution is 5.78. The van der Waals surface area contributed by atoms with E-state index in [-0.39, 0.29) is 0 Å². The predicted octanol–water partition coefficient (Wildman–Crippen LogP) is 5.91. The van der Waals surface area contributed by atoms with Gasteiger partial charge in [0.2, 0.25) is 0 Å². The van der Waals surface area contributed by atoms with Gasteiger partial charge in [-0.3, -0.25) is 4.79 Å². The van der Waals surface area contributed by atoms with E-state index >= 15 is 0 Å². The third-order valence-corrected chi connectivity index (χ3v) is 5.83. The van der Waals surface area contributed by atoms with Gasteiger partial charge in [0.25, 0.3) is 0 Å². The van der Waals surface area contributed by atoms with E-state index in [1.807, 2.05) is 0 Å². The number of Topliss-reactive ketones (excluding diaryl/α,β-unsaturated/α-hetero) is 1. The Hall–Kier alpha value is -0.330. The molecule has 0 heterocycles. The Kier molecular flexibility index (Phi) is 7.10. The maximum atomic E-state index is 11.3. The summed E-state index contributed by atoms with van der Waals surface area (Å²) in [6.45, 7) is 2.30. The molecule has 0 radical (unpaired) electrons. The van der Waals surface area contributed by atoms with Crippen LogP contribution in [0.15, 0.2) is 0 Å². The first kappa shape index (κ1) is 16.0. The number of ketones is 1. The van der Waals surface area contributed by atoms with Gasteiger partial charge in [-0.1, -0.05) is 71.1 Å². The third kappa shape index (κ3) is 5.58. The number of carbonyl (C=O) groups is 1. The molecule has 2 fully saturated rings. The summed E-state index contributed by atoms with van der Waals surface area (Å²) in [5.41, 5.74) is 0. The Morgan fingerprint density at radius 3 is 1.80 bits per heavy atom. The molecule has 20 heavy (non-hydrogen) atoms. The van der Waals surface area contributed by atoms with E-state index in [0.717, 1.165) is 30.6 Å². The lowest BCUT2D eigenvalue weighted by Crippen LogP contribution is -2.18. The molecule has 2 aliphatic carbocycles. The van der Waals surface area contributed by atoms with Crippen LogP contribution >= 0.6 is 0 Å². The summed E-state index contributed by atoms with van der Waals surface area (Å²) in [7, 11) is 0. The van der Waals surface area contributed by atoms with Crippen LogP contribution in [-0.4, -0.2) is 5.78 Å². The first-order valence-corrected chi connectivity index (χ1v) is 9.29. The van der Waals surface area contributed by atoms with Crippen molar-refractivity contribution in [1.29, 1.82) is 0 Å². The lowest BCUT2D eigenvalue weighted by Gasteiger charge is -2.30. The summed E-state index contributed by atoms with van der Waals surface area (Å²) < 4.78 is 0. The maximum absolute atomic E-state index is 11.3. The lowest BCUT2D eigenvalue weighted by molar-refractivity contribution is -0.121. The van der Waals surface area contributed by atoms with Crippen molar-refractivity contribution >= 4 is 5.78 Å². The highest BCUT2D eigenvalue weighted by atomic mass is 16.1. The molecule has 116 valence electrons. The molecule has 2 saturated carbocycles. The fraction of sp³-hybridized carbons (Fsp3) is 0.947. The molecule has 2 rings (SSSR count). The van der Waals surface area contributed by atoms with Gasteiger partial charge in [0, 0.05) is 12.8 Å². The molecule has 0 bridgehead atoms. The van der Waals surface area contributed by atoms with Crippen LogP contribution in [0.3, 0.4) is 0 Å². The van der Waals surface area contributed by atoms with Crippen molar-refractivity contribution < 1.29 is 4.79 Å². The molecule has 0 N–H and O–H groups in total. The van der Waals surface area contributed by atoms with Crippen LogP contribution in [0, 0.1) is 17.8 Å². The van der Waals surface area contributed by atoms with Gasteiger partial charge < -0.3 is 0 Å². The second-order valence-electron chi connectivity index (χ2n) is 7.44. The number of hydrogen-bond donors (Lipinski definition) is 0. The van der Waals surface area contributed by atoms with E-state index in [0.29, 0.717) is 5.78 Å². The van der Waals surface area contributed by atoms with Gasteiger partial charge in [-0.25, -0.2) is 0 Å². The molecular weight excluding hydrogens is 244 g/mol. The van der Waals surface area contributed by atoms with Crippen molar-refractivity contribution in [3.63, 3.8) is 0 Å². The topological polar surface area (TPSA) is 17.1 Å². The van der Waals surface area contributed by atoms with E-state index in [1.165, 1.54) is 77.0 Å². The molecule has 0 saturated heterocycles. The van der Waals surface area contributed by atoms with Gasteiger partial charge in [-0.2, -0.15) is 0 Å². The summed E-state index contributed by atoms with van der Waals surface area (Å²) in [6, 6.07) is 0. The van der Waals surface area contributed by atoms with Crippen molar-refractivity contribution in [3.8, 4) is 0 Å². The average Bonchev–Trinajstić information content (AvgIpc) is 2.48. The van der Waals surface area contributed by atoms with Gasteiger partial charge in [0.05, 0.1) is 0 Å². The van der Waals surface area contributed by atoms with E-state index in [9.17, 15) is 4.79 Å². The molecule has 1 nitrogen and oxygen atoms in total. The highest BCUT2D eigenvalue weighted by Crippen LogP contribution is 2.36. The standard InChI is InChI=1S/C19H34O/c1-2-3-4-5-16-6-8-17(9-7-16)10-11-18-12-14-19(20)15-13-18/h16-18H,2-15H2,1H3/t16-,17-. The zero-order valence-corrected chi connectivity index (χ0v) is 13.5. The second kappa shape index (κ2) is 8.85. The van der Waals surface area contributed by atoms with Gasteiger partial charge in [0.15, 0.2) is 0 Å². The highest BCUT2D eigenvalue weighted by Gasteiger charge is 2.23. The zero-order chi connectivity index (χ0) is 14.2. The largest absolute Gasteiger partial charge is 0.300 e. The van der Waals surface area contributed by atoms with Crippen LogP contribution in [0.1, 0.15) is 96.8 Å². The molecule has 0 aromatic heterocycles. The zero-order valence-electron chi connectivity index (χ0n) is 13.5. The molecule has 0 aliphatic heterocycles. The van der Waals surface area contributed by atoms with Crippen LogP contribution in [0.25, 0.3) is 0 Å². The minimum Gasteiger partial charge on any atom is -0.300 e. The fourth-order valence-corrected chi connectivity index (χ4v) is 4.25. The van der Waals surface area contributed by atoms with Crippen LogP contribution in [-0.2, 0) is 4.79 Å². The number of unbranched alkanes of at least 4 members (excludes halogenated alkanes) is 2. The smallest absolute Gasteiger partial charge is 0.132 e. The molecule has 0 aromatic carbocycles. The van der Waals surface area contributed by atoms with Crippen molar-refractivity contribution in [2.24, 2.45) is 17.8 Å². The number of rotatable bonds is 7. The van der Waals surface area contributed by atoms with Gasteiger partial charge in [-0.05, 0) is 30.6 Å². The minimum absolute atomic E-state index is 0.508. The quantitative estimate of drug-likeness (QED) is 0.529. The summed E-state index contributed by atoms with van der Waals surface area (Å²) in [6.07, 6.45) is 18.7. The van der Waals surface area contributed by atoms with Crippen LogP contribution in [0.2, 0.25) is 0 Å². The summed E-state index contributed by atoms with van der Waals surface area (Å²) in [4.78, 5) is 11.3. The Bertz CT molecular complexity index is 265. The lowest BCUT2D eigenvalue weighted by atomic mass is 9.76. The first-order chi connectivity index (χ1) is 9.78. The molecule has 0 atom stereocenters. The minimum atomic E-state index is 0.508. The monoisotopic (exact) mass is 278 g/mol. The predicted molar refractivity (Wildman–Crippen MR) is 85.8 cm³/mol. The third-order valence-electron chi connectivity index (χ3n) is 5.83. The molecule has 0 unspecified atom stereocenters. The van der Waals surface area contributed by atoms with Gasteiger partial charge in [-0.15, -0.1) is 0 Å². The Labute approximate surface area is 125 Å². The van der Waals surface area contributed by atoms with E-state index < -0.39 is 0 Å². The van der Waals surface area contributed by atoms with Crippen LogP contribution < -0.4 is 0 Å². The van der Waals surface area contributed by atoms with Crippen molar-refractivity contribution in [1.82, 2.24) is 0 Å². The van der Waals surface area contributed by atoms with Gasteiger partial charge in [0.1, 0.15) is 5.78 Å². The summed E-state index contributed by atoms with van der Waals surface area (Å²) >= 11 is 0. The Balaban J connectivity index is 1.54. The average molecular weight is 278 g/mol. The van der Waals surface area contributed by atoms with Gasteiger partial charge >= 0.3 is 0 Å². The Morgan fingerprint density at radius 1 is 0.750 bits per heavy atom. The summed E-state index contributed by atoms with van der Waals surface area (Å²) in [5, 5.41) is 0. The SMILES string of the molecule is CCCCC[C@H]1CC[C@H](CCC2CCC(=O)CC2)CC1. The molecular formula is C19H34O. The first-order valence-electron chi connectivity index (χ1n) is 9.29. The Morgan fingerprint density at radius 2 is 1.25 bits per heavy atom. The van der Waals surface area contributed by atoms with E-state index in [2.05, 4.69) is 6.92 Å². The molecule has 1 heteroatoms. The van der Waals surface area contributed by atoms with Crippen LogP contribution in [0.5, 0.6) is 0 Å². The van der Waals surface area contributed by atoms with Crippen molar-refractivity contribution in [2.75, 3.05) is 0 Å². The van der Waals surface area contributed by atoms with E-state index in [1.54, 1.807) is 0 Å². The normalized spacial score (nSPS) is 28.8. The maximum Gasteiger partial charge on any atom is 0.132 e. The van der Waals surface area contributed by atoms with Crippen molar-refractivity contribution in [3.05, 3.63) is 0 Å². The molecule has 0 amide bonds. The molecule has 0 spiro atoms. The molecule has 0 aromatic rings. The molecule has 2 aliphatic rings. The number of hydrogen-bond acceptors (Lipinski definition) is 1. The van der Waals surface area contributed by atoms with Crippen molar-refractivity contribution in [2.45, 2.75) is 96.8 Å². The number of carbonyl (C=O) groups excluding carboxylic acids is 1. The fourth-order valence-electron chi connectivity index (χ4n) is 4.25. The second-order valence-corrected chi connectivity index (χ2v) is 7.44.